The Hall–Kier alpha value is -1.76. The first-order valence-electron chi connectivity index (χ1n) is 4.86. The van der Waals surface area contributed by atoms with E-state index in [2.05, 4.69) is 26.0 Å². The van der Waals surface area contributed by atoms with Crippen molar-refractivity contribution >= 4 is 12.1 Å². The second-order valence-corrected chi connectivity index (χ2v) is 3.84. The summed E-state index contributed by atoms with van der Waals surface area (Å²) in [6, 6.07) is 0. The number of carbonyl (C=O) groups excluding carboxylic acids is 2. The smallest absolute Gasteiger partial charge is 0.432 e. The standard InChI is InChI=1S/C10H16O7/c1-6-13-9(12)16-15-8(11)7(2)14-17-10(3,4)5/h2,6H2,1,3-5H3. The molecule has 0 amide bonds. The lowest BCUT2D eigenvalue weighted by Gasteiger charge is -2.17. The summed E-state index contributed by atoms with van der Waals surface area (Å²) in [4.78, 5) is 39.2. The normalized spacial score (nSPS) is 10.4. The molecule has 0 saturated carbocycles. The highest BCUT2D eigenvalue weighted by Gasteiger charge is 2.20. The van der Waals surface area contributed by atoms with E-state index in [1.165, 1.54) is 0 Å². The van der Waals surface area contributed by atoms with E-state index in [1.807, 2.05) is 0 Å². The zero-order valence-corrected chi connectivity index (χ0v) is 10.3. The molecule has 0 fully saturated rings. The Kier molecular flexibility index (Phi) is 6.05. The Morgan fingerprint density at radius 2 is 1.71 bits per heavy atom. The van der Waals surface area contributed by atoms with Gasteiger partial charge < -0.3 is 9.62 Å². The number of rotatable bonds is 4. The quantitative estimate of drug-likeness (QED) is 0.247. The van der Waals surface area contributed by atoms with Crippen LogP contribution in [-0.4, -0.2) is 24.3 Å². The molecule has 7 nitrogen and oxygen atoms in total. The van der Waals surface area contributed by atoms with Crippen LogP contribution in [0.25, 0.3) is 0 Å². The van der Waals surface area contributed by atoms with Gasteiger partial charge in [0.2, 0.25) is 5.76 Å². The van der Waals surface area contributed by atoms with Crippen molar-refractivity contribution in [3.05, 3.63) is 12.3 Å². The summed E-state index contributed by atoms with van der Waals surface area (Å²) < 4.78 is 4.35. The molecule has 0 radical (unpaired) electrons. The fraction of sp³-hybridized carbons (Fsp3) is 0.600. The molecule has 0 bridgehead atoms. The molecule has 0 aliphatic rings. The maximum Gasteiger partial charge on any atom is 0.549 e. The van der Waals surface area contributed by atoms with Gasteiger partial charge in [-0.25, -0.2) is 14.6 Å². The van der Waals surface area contributed by atoms with E-state index in [1.54, 1.807) is 27.7 Å². The van der Waals surface area contributed by atoms with Crippen LogP contribution in [0.3, 0.4) is 0 Å². The van der Waals surface area contributed by atoms with Gasteiger partial charge in [0.05, 0.1) is 6.61 Å². The van der Waals surface area contributed by atoms with Gasteiger partial charge >= 0.3 is 12.1 Å². The van der Waals surface area contributed by atoms with Crippen molar-refractivity contribution in [3.63, 3.8) is 0 Å². The predicted molar refractivity (Wildman–Crippen MR) is 55.3 cm³/mol. The molecule has 0 unspecified atom stereocenters. The summed E-state index contributed by atoms with van der Waals surface area (Å²) in [7, 11) is 0. The maximum absolute atomic E-state index is 11.1. The Labute approximate surface area is 99.1 Å². The molecule has 0 aliphatic heterocycles. The molecule has 0 saturated heterocycles. The molecule has 0 aromatic rings. The molecular formula is C10H16O7. The van der Waals surface area contributed by atoms with Gasteiger partial charge in [0, 0.05) is 0 Å². The van der Waals surface area contributed by atoms with Crippen LogP contribution >= 0.6 is 0 Å². The number of hydrogen-bond acceptors (Lipinski definition) is 7. The summed E-state index contributed by atoms with van der Waals surface area (Å²) in [6.07, 6.45) is -1.13. The van der Waals surface area contributed by atoms with Gasteiger partial charge in [0.15, 0.2) is 0 Å². The second-order valence-electron chi connectivity index (χ2n) is 3.84. The molecule has 0 atom stereocenters. The third kappa shape index (κ3) is 8.09. The van der Waals surface area contributed by atoms with Gasteiger partial charge in [-0.15, -0.1) is 0 Å². The van der Waals surface area contributed by atoms with Crippen LogP contribution in [0.1, 0.15) is 27.7 Å². The monoisotopic (exact) mass is 248 g/mol. The lowest BCUT2D eigenvalue weighted by molar-refractivity contribution is -0.326. The van der Waals surface area contributed by atoms with Crippen LogP contribution in [0.4, 0.5) is 4.79 Å². The molecule has 0 heterocycles. The Bertz CT molecular complexity index is 290. The number of carbonyl (C=O) groups is 2. The molecule has 0 aliphatic carbocycles. The van der Waals surface area contributed by atoms with Crippen molar-refractivity contribution in [3.8, 4) is 0 Å². The predicted octanol–water partition coefficient (Wildman–Crippen LogP) is 1.88. The average molecular weight is 248 g/mol. The third-order valence-corrected chi connectivity index (χ3v) is 1.07. The zero-order valence-electron chi connectivity index (χ0n) is 10.3. The van der Waals surface area contributed by atoms with Crippen molar-refractivity contribution in [1.29, 1.82) is 0 Å². The van der Waals surface area contributed by atoms with E-state index in [-0.39, 0.29) is 6.61 Å². The summed E-state index contributed by atoms with van der Waals surface area (Å²) in [5.41, 5.74) is -0.620. The Balaban J connectivity index is 3.91. The summed E-state index contributed by atoms with van der Waals surface area (Å²) in [5.74, 6) is -1.55. The largest absolute Gasteiger partial charge is 0.549 e. The van der Waals surface area contributed by atoms with Crippen LogP contribution in [-0.2, 0) is 29.1 Å². The minimum atomic E-state index is -1.13. The van der Waals surface area contributed by atoms with Crippen molar-refractivity contribution in [2.24, 2.45) is 0 Å². The summed E-state index contributed by atoms with van der Waals surface area (Å²) in [5, 5.41) is 0. The molecule has 0 aromatic carbocycles. The lowest BCUT2D eigenvalue weighted by atomic mass is 10.2. The van der Waals surface area contributed by atoms with E-state index in [0.717, 1.165) is 0 Å². The molecule has 0 aromatic heterocycles. The fourth-order valence-corrected chi connectivity index (χ4v) is 0.470. The van der Waals surface area contributed by atoms with Gasteiger partial charge in [0.25, 0.3) is 0 Å². The zero-order chi connectivity index (χ0) is 13.5. The van der Waals surface area contributed by atoms with Crippen LogP contribution < -0.4 is 0 Å². The summed E-state index contributed by atoms with van der Waals surface area (Å²) in [6.45, 7) is 10.0. The van der Waals surface area contributed by atoms with E-state index in [4.69, 9.17) is 4.89 Å². The highest BCUT2D eigenvalue weighted by molar-refractivity contribution is 5.85. The van der Waals surface area contributed by atoms with Crippen molar-refractivity contribution < 1.29 is 33.9 Å². The lowest BCUT2D eigenvalue weighted by Crippen LogP contribution is -2.22. The number of ether oxygens (including phenoxy) is 1. The molecule has 98 valence electrons. The molecule has 17 heavy (non-hydrogen) atoms. The number of hydrogen-bond donors (Lipinski definition) is 0. The Morgan fingerprint density at radius 3 is 2.18 bits per heavy atom. The second kappa shape index (κ2) is 6.74. The summed E-state index contributed by atoms with van der Waals surface area (Å²) >= 11 is 0. The molecular weight excluding hydrogens is 232 g/mol. The van der Waals surface area contributed by atoms with Gasteiger partial charge in [0.1, 0.15) is 5.60 Å². The molecule has 0 N–H and O–H groups in total. The van der Waals surface area contributed by atoms with Crippen molar-refractivity contribution in [2.45, 2.75) is 33.3 Å². The fourth-order valence-electron chi connectivity index (χ4n) is 0.470. The minimum absolute atomic E-state index is 0.0982. The van der Waals surface area contributed by atoms with Crippen LogP contribution in [0.2, 0.25) is 0 Å². The van der Waals surface area contributed by atoms with Crippen LogP contribution in [0, 0.1) is 0 Å². The van der Waals surface area contributed by atoms with E-state index < -0.39 is 23.5 Å². The van der Waals surface area contributed by atoms with Gasteiger partial charge in [-0.2, -0.15) is 9.68 Å². The molecule has 7 heteroatoms. The van der Waals surface area contributed by atoms with Gasteiger partial charge in [-0.1, -0.05) is 0 Å². The van der Waals surface area contributed by atoms with Crippen LogP contribution in [0.15, 0.2) is 12.3 Å². The van der Waals surface area contributed by atoms with E-state index in [9.17, 15) is 9.59 Å². The maximum atomic E-state index is 11.1. The van der Waals surface area contributed by atoms with E-state index in [0.29, 0.717) is 0 Å². The minimum Gasteiger partial charge on any atom is -0.432 e. The first kappa shape index (κ1) is 15.2. The highest BCUT2D eigenvalue weighted by atomic mass is 17.3. The molecule has 0 rings (SSSR count). The average Bonchev–Trinajstić information content (AvgIpc) is 2.22. The topological polar surface area (TPSA) is 80.3 Å². The highest BCUT2D eigenvalue weighted by Crippen LogP contribution is 2.10. The SMILES string of the molecule is C=C(OOC(C)(C)C)C(=O)OOC(=O)OCC. The Morgan fingerprint density at radius 1 is 1.12 bits per heavy atom. The first-order chi connectivity index (χ1) is 7.76. The molecule has 0 spiro atoms. The van der Waals surface area contributed by atoms with Crippen LogP contribution in [0.5, 0.6) is 0 Å². The first-order valence-corrected chi connectivity index (χ1v) is 4.86. The van der Waals surface area contributed by atoms with Gasteiger partial charge in [-0.05, 0) is 34.3 Å². The van der Waals surface area contributed by atoms with Gasteiger partial charge in [-0.3, -0.25) is 0 Å². The van der Waals surface area contributed by atoms with E-state index >= 15 is 0 Å². The van der Waals surface area contributed by atoms with Crippen molar-refractivity contribution in [1.82, 2.24) is 0 Å². The van der Waals surface area contributed by atoms with Crippen molar-refractivity contribution in [2.75, 3.05) is 6.61 Å². The third-order valence-electron chi connectivity index (χ3n) is 1.07.